The third-order valence-electron chi connectivity index (χ3n) is 4.29. The van der Waals surface area contributed by atoms with E-state index in [4.69, 9.17) is 14.2 Å². The lowest BCUT2D eigenvalue weighted by molar-refractivity contribution is 0.0319. The van der Waals surface area contributed by atoms with Gasteiger partial charge in [-0.2, -0.15) is 0 Å². The van der Waals surface area contributed by atoms with Crippen molar-refractivity contribution >= 4 is 22.7 Å². The van der Waals surface area contributed by atoms with Gasteiger partial charge in [-0.15, -0.1) is 0 Å². The molecular weight excluding hydrogens is 358 g/mol. The average molecular weight is 381 g/mol. The van der Waals surface area contributed by atoms with Crippen LogP contribution in [0.2, 0.25) is 0 Å². The molecule has 6 heteroatoms. The van der Waals surface area contributed by atoms with Gasteiger partial charge in [-0.1, -0.05) is 18.2 Å². The first-order valence-electron chi connectivity index (χ1n) is 9.26. The van der Waals surface area contributed by atoms with Crippen LogP contribution in [-0.2, 0) is 4.74 Å². The minimum atomic E-state index is -0.922. The third kappa shape index (κ3) is 4.01. The van der Waals surface area contributed by atoms with E-state index in [1.54, 1.807) is 31.3 Å². The summed E-state index contributed by atoms with van der Waals surface area (Å²) in [6.07, 6.45) is 0.718. The Hall–Kier alpha value is -3.28. The summed E-state index contributed by atoms with van der Waals surface area (Å²) < 4.78 is 16.4. The molecule has 0 amide bonds. The zero-order valence-corrected chi connectivity index (χ0v) is 16.2. The number of benzene rings is 2. The number of aromatic nitrogens is 1. The number of ketones is 1. The Morgan fingerprint density at radius 2 is 1.71 bits per heavy atom. The molecule has 1 N–H and O–H groups in total. The van der Waals surface area contributed by atoms with Crippen molar-refractivity contribution in [3.63, 3.8) is 0 Å². The fourth-order valence-corrected chi connectivity index (χ4v) is 2.95. The molecule has 6 nitrogen and oxygen atoms in total. The van der Waals surface area contributed by atoms with Gasteiger partial charge in [-0.05, 0) is 45.0 Å². The molecule has 1 unspecified atom stereocenters. The van der Waals surface area contributed by atoms with E-state index in [9.17, 15) is 9.59 Å². The summed E-state index contributed by atoms with van der Waals surface area (Å²) in [6.45, 7) is 6.21. The van der Waals surface area contributed by atoms with Crippen LogP contribution in [0.25, 0.3) is 10.9 Å². The summed E-state index contributed by atoms with van der Waals surface area (Å²) in [6, 6.07) is 12.3. The van der Waals surface area contributed by atoms with Gasteiger partial charge in [-0.3, -0.25) is 4.79 Å². The Kier molecular flexibility index (Phi) is 5.99. The van der Waals surface area contributed by atoms with Crippen molar-refractivity contribution in [2.24, 2.45) is 0 Å². The quantitative estimate of drug-likeness (QED) is 0.462. The largest absolute Gasteiger partial charge is 0.490 e. The summed E-state index contributed by atoms with van der Waals surface area (Å²) >= 11 is 0. The number of ether oxygens (including phenoxy) is 3. The van der Waals surface area contributed by atoms with Crippen LogP contribution in [0.3, 0.4) is 0 Å². The van der Waals surface area contributed by atoms with Gasteiger partial charge in [-0.25, -0.2) is 4.79 Å². The van der Waals surface area contributed by atoms with Crippen LogP contribution >= 0.6 is 0 Å². The molecule has 0 saturated heterocycles. The Bertz CT molecular complexity index is 992. The van der Waals surface area contributed by atoms with E-state index in [2.05, 4.69) is 4.98 Å². The number of H-pyrrole nitrogens is 1. The van der Waals surface area contributed by atoms with Crippen molar-refractivity contribution in [2.75, 3.05) is 13.2 Å². The molecule has 2 aromatic carbocycles. The van der Waals surface area contributed by atoms with Crippen molar-refractivity contribution in [2.45, 2.75) is 26.9 Å². The predicted octanol–water partition coefficient (Wildman–Crippen LogP) is 4.39. The molecular formula is C22H23NO5. The molecule has 3 aromatic rings. The van der Waals surface area contributed by atoms with E-state index in [0.717, 1.165) is 10.9 Å². The molecule has 0 spiro atoms. The molecule has 0 aliphatic carbocycles. The van der Waals surface area contributed by atoms with Gasteiger partial charge in [0.25, 0.3) is 0 Å². The zero-order valence-electron chi connectivity index (χ0n) is 16.2. The van der Waals surface area contributed by atoms with Crippen molar-refractivity contribution in [3.8, 4) is 11.5 Å². The Morgan fingerprint density at radius 3 is 2.46 bits per heavy atom. The molecule has 0 fully saturated rings. The molecule has 0 saturated carbocycles. The number of fused-ring (bicyclic) bond motifs is 1. The molecule has 1 heterocycles. The summed E-state index contributed by atoms with van der Waals surface area (Å²) in [7, 11) is 0. The van der Waals surface area contributed by atoms with Crippen LogP contribution in [0.5, 0.6) is 11.5 Å². The van der Waals surface area contributed by atoms with Gasteiger partial charge < -0.3 is 19.2 Å². The monoisotopic (exact) mass is 381 g/mol. The maximum Gasteiger partial charge on any atom is 0.338 e. The van der Waals surface area contributed by atoms with Crippen LogP contribution in [-0.4, -0.2) is 36.1 Å². The van der Waals surface area contributed by atoms with Crippen LogP contribution in [0.1, 0.15) is 41.5 Å². The molecule has 3 rings (SSSR count). The van der Waals surface area contributed by atoms with E-state index in [0.29, 0.717) is 35.8 Å². The molecule has 0 bridgehead atoms. The Balaban J connectivity index is 1.76. The fraction of sp³-hybridized carbons (Fsp3) is 0.273. The molecule has 1 atom stereocenters. The fourth-order valence-electron chi connectivity index (χ4n) is 2.95. The summed E-state index contributed by atoms with van der Waals surface area (Å²) in [5, 5.41) is 0.801. The Labute approximate surface area is 163 Å². The topological polar surface area (TPSA) is 77.6 Å². The highest BCUT2D eigenvalue weighted by Crippen LogP contribution is 2.29. The third-order valence-corrected chi connectivity index (χ3v) is 4.29. The van der Waals surface area contributed by atoms with E-state index in [-0.39, 0.29) is 5.78 Å². The molecule has 0 radical (unpaired) electrons. The first-order chi connectivity index (χ1) is 13.5. The smallest absolute Gasteiger partial charge is 0.338 e. The van der Waals surface area contributed by atoms with Gasteiger partial charge >= 0.3 is 5.97 Å². The maximum atomic E-state index is 12.8. The van der Waals surface area contributed by atoms with Crippen molar-refractivity contribution in [1.82, 2.24) is 4.98 Å². The number of hydrogen-bond acceptors (Lipinski definition) is 5. The van der Waals surface area contributed by atoms with Gasteiger partial charge in [0.05, 0.1) is 18.8 Å². The zero-order chi connectivity index (χ0) is 20.1. The minimum Gasteiger partial charge on any atom is -0.490 e. The lowest BCUT2D eigenvalue weighted by Gasteiger charge is -2.14. The number of rotatable bonds is 8. The Morgan fingerprint density at radius 1 is 1.00 bits per heavy atom. The second kappa shape index (κ2) is 8.61. The van der Waals surface area contributed by atoms with E-state index in [1.165, 1.54) is 0 Å². The average Bonchev–Trinajstić information content (AvgIpc) is 3.13. The van der Waals surface area contributed by atoms with Gasteiger partial charge in [0.15, 0.2) is 17.6 Å². The maximum absolute atomic E-state index is 12.8. The van der Waals surface area contributed by atoms with Crippen LogP contribution in [0.15, 0.2) is 48.7 Å². The van der Waals surface area contributed by atoms with Crippen molar-refractivity contribution < 1.29 is 23.8 Å². The predicted molar refractivity (Wildman–Crippen MR) is 106 cm³/mol. The number of hydrogen-bond donors (Lipinski definition) is 1. The standard InChI is InChI=1S/C22H23NO5/c1-4-26-19-11-10-15(12-20(19)27-5-2)22(25)28-14(3)21(24)17-13-23-18-9-7-6-8-16(17)18/h6-14,23H,4-5H2,1-3H3. The molecule has 0 aliphatic heterocycles. The number of para-hydroxylation sites is 1. The van der Waals surface area contributed by atoms with Crippen LogP contribution in [0, 0.1) is 0 Å². The minimum absolute atomic E-state index is 0.262. The summed E-state index contributed by atoms with van der Waals surface area (Å²) in [4.78, 5) is 28.3. The second-order valence-corrected chi connectivity index (χ2v) is 6.19. The second-order valence-electron chi connectivity index (χ2n) is 6.19. The number of nitrogens with one attached hydrogen (secondary N) is 1. The SMILES string of the molecule is CCOc1ccc(C(=O)OC(C)C(=O)c2c[nH]c3ccccc23)cc1OCC. The first-order valence-corrected chi connectivity index (χ1v) is 9.26. The molecule has 1 aromatic heterocycles. The summed E-state index contributed by atoms with van der Waals surface area (Å²) in [5.41, 5.74) is 1.65. The number of carbonyl (C=O) groups excluding carboxylic acids is 2. The van der Waals surface area contributed by atoms with Gasteiger partial charge in [0.1, 0.15) is 0 Å². The molecule has 146 valence electrons. The van der Waals surface area contributed by atoms with Gasteiger partial charge in [0, 0.05) is 22.7 Å². The molecule has 28 heavy (non-hydrogen) atoms. The summed E-state index contributed by atoms with van der Waals surface area (Å²) in [5.74, 6) is 0.171. The molecule has 0 aliphatic rings. The van der Waals surface area contributed by atoms with Crippen LogP contribution < -0.4 is 9.47 Å². The van der Waals surface area contributed by atoms with E-state index < -0.39 is 12.1 Å². The van der Waals surface area contributed by atoms with Crippen molar-refractivity contribution in [1.29, 1.82) is 0 Å². The number of Topliss-reactive ketones (excluding diaryl/α,β-unsaturated/α-hetero) is 1. The van der Waals surface area contributed by atoms with Crippen LogP contribution in [0.4, 0.5) is 0 Å². The highest BCUT2D eigenvalue weighted by atomic mass is 16.5. The van der Waals surface area contributed by atoms with Crippen molar-refractivity contribution in [3.05, 3.63) is 59.8 Å². The van der Waals surface area contributed by atoms with E-state index >= 15 is 0 Å². The normalized spacial score (nSPS) is 11.8. The lowest BCUT2D eigenvalue weighted by Crippen LogP contribution is -2.24. The number of carbonyl (C=O) groups is 2. The van der Waals surface area contributed by atoms with E-state index in [1.807, 2.05) is 38.1 Å². The highest BCUT2D eigenvalue weighted by molar-refractivity contribution is 6.10. The first kappa shape index (κ1) is 19.5. The van der Waals surface area contributed by atoms with Gasteiger partial charge in [0.2, 0.25) is 5.78 Å². The lowest BCUT2D eigenvalue weighted by atomic mass is 10.1. The number of aromatic amines is 1. The highest BCUT2D eigenvalue weighted by Gasteiger charge is 2.23. The number of esters is 1.